The molecule has 1 atom stereocenters. The van der Waals surface area contributed by atoms with E-state index in [9.17, 15) is 0 Å². The van der Waals surface area contributed by atoms with E-state index >= 15 is 0 Å². The lowest BCUT2D eigenvalue weighted by atomic mass is 10.1. The maximum absolute atomic E-state index is 5.63. The van der Waals surface area contributed by atoms with Crippen LogP contribution < -0.4 is 5.32 Å². The highest BCUT2D eigenvalue weighted by atomic mass is 16.5. The average Bonchev–Trinajstić information content (AvgIpc) is 2.66. The molecule has 0 amide bonds. The summed E-state index contributed by atoms with van der Waals surface area (Å²) in [6, 6.07) is 0. The summed E-state index contributed by atoms with van der Waals surface area (Å²) in [6.45, 7) is 14.5. The van der Waals surface area contributed by atoms with E-state index in [-0.39, 0.29) is 5.54 Å². The van der Waals surface area contributed by atoms with E-state index in [1.807, 2.05) is 0 Å². The third kappa shape index (κ3) is 6.81. The van der Waals surface area contributed by atoms with E-state index in [1.54, 1.807) is 0 Å². The lowest BCUT2D eigenvalue weighted by molar-refractivity contribution is 0.0835. The Labute approximate surface area is 106 Å². The molecule has 3 nitrogen and oxygen atoms in total. The minimum Gasteiger partial charge on any atom is -0.377 e. The Balaban J connectivity index is 2.16. The molecule has 0 aromatic rings. The summed E-state index contributed by atoms with van der Waals surface area (Å²) in [7, 11) is 2.14. The number of nitrogens with one attached hydrogen (secondary N) is 1. The minimum absolute atomic E-state index is 0.163. The Morgan fingerprint density at radius 2 is 2.18 bits per heavy atom. The fraction of sp³-hybridized carbons (Fsp3) is 0.857. The molecule has 0 aliphatic carbocycles. The summed E-state index contributed by atoms with van der Waals surface area (Å²) in [5.41, 5.74) is 1.40. The van der Waals surface area contributed by atoms with Gasteiger partial charge in [-0.1, -0.05) is 6.58 Å². The summed E-state index contributed by atoms with van der Waals surface area (Å²) >= 11 is 0. The molecular weight excluding hydrogens is 212 g/mol. The van der Waals surface area contributed by atoms with Crippen molar-refractivity contribution in [1.82, 2.24) is 10.2 Å². The van der Waals surface area contributed by atoms with Gasteiger partial charge in [0, 0.05) is 31.8 Å². The first-order valence-electron chi connectivity index (χ1n) is 6.58. The van der Waals surface area contributed by atoms with Crippen molar-refractivity contribution >= 4 is 0 Å². The van der Waals surface area contributed by atoms with E-state index in [1.165, 1.54) is 18.4 Å². The third-order valence-corrected chi connectivity index (χ3v) is 2.90. The van der Waals surface area contributed by atoms with Crippen LogP contribution in [0, 0.1) is 0 Å². The molecule has 0 radical (unpaired) electrons. The predicted molar refractivity (Wildman–Crippen MR) is 73.4 cm³/mol. The fourth-order valence-corrected chi connectivity index (χ4v) is 2.03. The lowest BCUT2D eigenvalue weighted by Gasteiger charge is -2.25. The van der Waals surface area contributed by atoms with E-state index in [2.05, 4.69) is 44.6 Å². The summed E-state index contributed by atoms with van der Waals surface area (Å²) in [5, 5.41) is 3.46. The van der Waals surface area contributed by atoms with Crippen LogP contribution in [0.3, 0.4) is 0 Å². The minimum atomic E-state index is 0.163. The van der Waals surface area contributed by atoms with E-state index in [0.29, 0.717) is 6.10 Å². The molecule has 100 valence electrons. The zero-order chi connectivity index (χ0) is 12.9. The molecule has 17 heavy (non-hydrogen) atoms. The van der Waals surface area contributed by atoms with Crippen molar-refractivity contribution in [3.63, 3.8) is 0 Å². The van der Waals surface area contributed by atoms with Crippen molar-refractivity contribution in [1.29, 1.82) is 0 Å². The van der Waals surface area contributed by atoms with E-state index < -0.39 is 0 Å². The normalized spacial score (nSPS) is 21.1. The molecule has 1 aliphatic rings. The molecule has 1 unspecified atom stereocenters. The maximum Gasteiger partial charge on any atom is 0.0702 e. The van der Waals surface area contributed by atoms with Crippen molar-refractivity contribution in [2.45, 2.75) is 45.3 Å². The number of ether oxygens (including phenoxy) is 1. The molecule has 1 saturated heterocycles. The summed E-state index contributed by atoms with van der Waals surface area (Å²) in [6.07, 6.45) is 2.85. The first-order chi connectivity index (χ1) is 7.87. The van der Waals surface area contributed by atoms with Crippen molar-refractivity contribution in [3.8, 4) is 0 Å². The Hall–Kier alpha value is -0.380. The van der Waals surface area contributed by atoms with Crippen LogP contribution in [-0.2, 0) is 4.74 Å². The Morgan fingerprint density at radius 3 is 2.71 bits per heavy atom. The Kier molecular flexibility index (Phi) is 5.63. The molecule has 1 N–H and O–H groups in total. The van der Waals surface area contributed by atoms with Gasteiger partial charge < -0.3 is 10.1 Å². The van der Waals surface area contributed by atoms with Crippen molar-refractivity contribution in [2.24, 2.45) is 0 Å². The molecule has 0 aromatic heterocycles. The van der Waals surface area contributed by atoms with Crippen molar-refractivity contribution in [3.05, 3.63) is 12.2 Å². The van der Waals surface area contributed by atoms with Crippen LogP contribution in [0.1, 0.15) is 33.6 Å². The van der Waals surface area contributed by atoms with E-state index in [0.717, 1.165) is 26.2 Å². The topological polar surface area (TPSA) is 24.5 Å². The molecule has 0 bridgehead atoms. The third-order valence-electron chi connectivity index (χ3n) is 2.90. The lowest BCUT2D eigenvalue weighted by Crippen LogP contribution is -2.39. The van der Waals surface area contributed by atoms with Crippen molar-refractivity contribution < 1.29 is 4.74 Å². The standard InChI is InChI=1S/C14H28N2O/c1-12(9-15-14(2,3)4)10-16(5)11-13-7-6-8-17-13/h13,15H,1,6-11H2,2-5H3. The highest BCUT2D eigenvalue weighted by Gasteiger charge is 2.17. The van der Waals surface area contributed by atoms with Gasteiger partial charge in [0.2, 0.25) is 0 Å². The van der Waals surface area contributed by atoms with Gasteiger partial charge in [0.1, 0.15) is 0 Å². The van der Waals surface area contributed by atoms with Gasteiger partial charge in [-0.15, -0.1) is 0 Å². The van der Waals surface area contributed by atoms with Crippen LogP contribution in [0.5, 0.6) is 0 Å². The molecule has 1 fully saturated rings. The van der Waals surface area contributed by atoms with Gasteiger partial charge in [-0.05, 0) is 46.2 Å². The molecule has 0 aromatic carbocycles. The van der Waals surface area contributed by atoms with Crippen LogP contribution >= 0.6 is 0 Å². The van der Waals surface area contributed by atoms with Gasteiger partial charge in [0.15, 0.2) is 0 Å². The number of rotatable bonds is 6. The second kappa shape index (κ2) is 6.53. The second-order valence-corrected chi connectivity index (χ2v) is 6.19. The highest BCUT2D eigenvalue weighted by molar-refractivity contribution is 5.01. The number of nitrogens with zero attached hydrogens (tertiary/aromatic N) is 1. The second-order valence-electron chi connectivity index (χ2n) is 6.19. The largest absolute Gasteiger partial charge is 0.377 e. The SMILES string of the molecule is C=C(CNC(C)(C)C)CN(C)CC1CCCO1. The Morgan fingerprint density at radius 1 is 1.47 bits per heavy atom. The zero-order valence-corrected chi connectivity index (χ0v) is 11.9. The van der Waals surface area contributed by atoms with E-state index in [4.69, 9.17) is 4.74 Å². The van der Waals surface area contributed by atoms with Gasteiger partial charge in [-0.3, -0.25) is 4.90 Å². The molecule has 0 saturated carbocycles. The van der Waals surface area contributed by atoms with Crippen LogP contribution in [-0.4, -0.2) is 49.8 Å². The monoisotopic (exact) mass is 240 g/mol. The highest BCUT2D eigenvalue weighted by Crippen LogP contribution is 2.13. The van der Waals surface area contributed by atoms with Crippen LogP contribution in [0.25, 0.3) is 0 Å². The molecule has 0 spiro atoms. The smallest absolute Gasteiger partial charge is 0.0702 e. The first kappa shape index (κ1) is 14.7. The summed E-state index contributed by atoms with van der Waals surface area (Å²) < 4.78 is 5.63. The molecule has 1 heterocycles. The number of hydrogen-bond acceptors (Lipinski definition) is 3. The first-order valence-corrected chi connectivity index (χ1v) is 6.58. The molecular formula is C14H28N2O. The Bertz CT molecular complexity index is 239. The van der Waals surface area contributed by atoms with Crippen LogP contribution in [0.2, 0.25) is 0 Å². The van der Waals surface area contributed by atoms with Crippen molar-refractivity contribution in [2.75, 3.05) is 33.3 Å². The van der Waals surface area contributed by atoms with Crippen LogP contribution in [0.15, 0.2) is 12.2 Å². The number of likely N-dealkylation sites (N-methyl/N-ethyl adjacent to an activating group) is 1. The predicted octanol–water partition coefficient (Wildman–Crippen LogP) is 2.04. The van der Waals surface area contributed by atoms with Crippen LogP contribution in [0.4, 0.5) is 0 Å². The quantitative estimate of drug-likeness (QED) is 0.719. The van der Waals surface area contributed by atoms with Gasteiger partial charge in [0.05, 0.1) is 6.10 Å². The fourth-order valence-electron chi connectivity index (χ4n) is 2.03. The number of hydrogen-bond donors (Lipinski definition) is 1. The van der Waals surface area contributed by atoms with Gasteiger partial charge >= 0.3 is 0 Å². The maximum atomic E-state index is 5.63. The van der Waals surface area contributed by atoms with Gasteiger partial charge in [-0.2, -0.15) is 0 Å². The molecule has 1 rings (SSSR count). The van der Waals surface area contributed by atoms with Gasteiger partial charge in [-0.25, -0.2) is 0 Å². The average molecular weight is 240 g/mol. The summed E-state index contributed by atoms with van der Waals surface area (Å²) in [5.74, 6) is 0. The zero-order valence-electron chi connectivity index (χ0n) is 11.9. The molecule has 3 heteroatoms. The molecule has 1 aliphatic heterocycles. The van der Waals surface area contributed by atoms with Gasteiger partial charge in [0.25, 0.3) is 0 Å². The summed E-state index contributed by atoms with van der Waals surface area (Å²) in [4.78, 5) is 2.31.